The van der Waals surface area contributed by atoms with Crippen LogP contribution in [0.2, 0.25) is 0 Å². The minimum Gasteiger partial charge on any atom is -0.322 e. The highest BCUT2D eigenvalue weighted by Crippen LogP contribution is 2.38. The van der Waals surface area contributed by atoms with E-state index in [2.05, 4.69) is 25.4 Å². The molecule has 172 valence electrons. The molecule has 1 aliphatic carbocycles. The van der Waals surface area contributed by atoms with Crippen molar-refractivity contribution >= 4 is 21.4 Å². The second-order valence-electron chi connectivity index (χ2n) is 8.96. The van der Waals surface area contributed by atoms with Gasteiger partial charge in [0, 0.05) is 42.4 Å². The Balaban J connectivity index is 1.21. The number of H-pyrrole nitrogens is 1. The van der Waals surface area contributed by atoms with Crippen molar-refractivity contribution in [3.8, 4) is 11.4 Å². The summed E-state index contributed by atoms with van der Waals surface area (Å²) in [6.45, 7) is 3.40. The van der Waals surface area contributed by atoms with Crippen molar-refractivity contribution in [2.45, 2.75) is 37.5 Å². The predicted molar refractivity (Wildman–Crippen MR) is 127 cm³/mol. The molecule has 0 radical (unpaired) electrons. The van der Waals surface area contributed by atoms with Crippen molar-refractivity contribution in [2.24, 2.45) is 0 Å². The summed E-state index contributed by atoms with van der Waals surface area (Å²) < 4.78 is 23.9. The van der Waals surface area contributed by atoms with Gasteiger partial charge in [0.25, 0.3) is 5.91 Å². The number of carbonyl (C=O) groups excluding carboxylic acids is 1. The smallest absolute Gasteiger partial charge is 0.255 e. The van der Waals surface area contributed by atoms with E-state index in [0.29, 0.717) is 36.8 Å². The number of amides is 1. The average Bonchev–Trinajstić information content (AvgIpc) is 3.54. The van der Waals surface area contributed by atoms with Crippen molar-refractivity contribution in [1.82, 2.24) is 20.1 Å². The Morgan fingerprint density at radius 1 is 1.18 bits per heavy atom. The summed E-state index contributed by atoms with van der Waals surface area (Å²) in [5.41, 5.74) is 3.18. The van der Waals surface area contributed by atoms with Crippen LogP contribution in [0.15, 0.2) is 48.5 Å². The molecule has 1 aromatic heterocycles. The Kier molecular flexibility index (Phi) is 5.76. The largest absolute Gasteiger partial charge is 0.322 e. The number of sulfone groups is 1. The average molecular weight is 466 g/mol. The number of aromatic nitrogens is 3. The predicted octanol–water partition coefficient (Wildman–Crippen LogP) is 3.22. The van der Waals surface area contributed by atoms with Gasteiger partial charge >= 0.3 is 0 Å². The zero-order valence-electron chi connectivity index (χ0n) is 18.5. The Labute approximate surface area is 193 Å². The van der Waals surface area contributed by atoms with Gasteiger partial charge in [-0.25, -0.2) is 13.4 Å². The molecule has 2 aromatic carbocycles. The summed E-state index contributed by atoms with van der Waals surface area (Å²) in [7, 11) is -2.98. The van der Waals surface area contributed by atoms with Gasteiger partial charge in [-0.2, -0.15) is 5.10 Å². The molecular formula is C24H27N5O3S. The quantitative estimate of drug-likeness (QED) is 0.579. The molecule has 3 aromatic rings. The summed E-state index contributed by atoms with van der Waals surface area (Å²) >= 11 is 0. The Morgan fingerprint density at radius 2 is 1.97 bits per heavy atom. The lowest BCUT2D eigenvalue weighted by Gasteiger charge is -2.30. The molecule has 1 saturated carbocycles. The highest BCUT2D eigenvalue weighted by molar-refractivity contribution is 7.92. The zero-order chi connectivity index (χ0) is 23.0. The second-order valence-corrected chi connectivity index (χ2v) is 11.5. The molecular weight excluding hydrogens is 438 g/mol. The zero-order valence-corrected chi connectivity index (χ0v) is 19.3. The molecule has 33 heavy (non-hydrogen) atoms. The summed E-state index contributed by atoms with van der Waals surface area (Å²) in [4.78, 5) is 19.5. The molecule has 9 heteroatoms. The number of aromatic amines is 1. The van der Waals surface area contributed by atoms with Crippen LogP contribution in [0.1, 0.15) is 47.4 Å². The molecule has 0 spiro atoms. The number of hydrogen-bond acceptors (Lipinski definition) is 6. The number of nitrogens with zero attached hydrogens (tertiary/aromatic N) is 3. The van der Waals surface area contributed by atoms with Crippen LogP contribution in [-0.4, -0.2) is 58.5 Å². The van der Waals surface area contributed by atoms with Crippen molar-refractivity contribution in [1.29, 1.82) is 0 Å². The van der Waals surface area contributed by atoms with Gasteiger partial charge in [0.15, 0.2) is 21.5 Å². The van der Waals surface area contributed by atoms with Crippen molar-refractivity contribution in [3.63, 3.8) is 0 Å². The lowest BCUT2D eigenvalue weighted by Crippen LogP contribution is -2.44. The Bertz CT molecular complexity index is 1270. The van der Waals surface area contributed by atoms with Crippen LogP contribution in [0.25, 0.3) is 11.4 Å². The number of hydrogen-bond donors (Lipinski definition) is 2. The van der Waals surface area contributed by atoms with Gasteiger partial charge in [0.05, 0.1) is 11.0 Å². The van der Waals surface area contributed by atoms with E-state index in [1.807, 2.05) is 42.5 Å². The normalized spacial score (nSPS) is 20.5. The number of rotatable bonds is 6. The van der Waals surface area contributed by atoms with Gasteiger partial charge in [0.2, 0.25) is 0 Å². The third kappa shape index (κ3) is 4.99. The van der Waals surface area contributed by atoms with E-state index in [1.54, 1.807) is 13.0 Å². The van der Waals surface area contributed by atoms with Crippen molar-refractivity contribution in [2.75, 3.05) is 24.2 Å². The number of nitrogens with one attached hydrogen (secondary N) is 2. The summed E-state index contributed by atoms with van der Waals surface area (Å²) in [6, 6.07) is 15.0. The molecule has 1 unspecified atom stereocenters. The minimum absolute atomic E-state index is 0.181. The molecule has 1 aliphatic heterocycles. The van der Waals surface area contributed by atoms with Crippen LogP contribution >= 0.6 is 0 Å². The third-order valence-corrected chi connectivity index (χ3v) is 8.40. The molecule has 1 amide bonds. The third-order valence-electron chi connectivity index (χ3n) is 6.28. The maximum atomic E-state index is 12.8. The first kappa shape index (κ1) is 21.8. The molecule has 1 saturated heterocycles. The van der Waals surface area contributed by atoms with Crippen LogP contribution in [0, 0.1) is 0 Å². The van der Waals surface area contributed by atoms with E-state index in [0.717, 1.165) is 35.6 Å². The fourth-order valence-corrected chi connectivity index (χ4v) is 5.43. The van der Waals surface area contributed by atoms with E-state index in [-0.39, 0.29) is 16.9 Å². The highest BCUT2D eigenvalue weighted by Gasteiger charge is 2.29. The molecule has 2 heterocycles. The number of carbonyl (C=O) groups is 1. The van der Waals surface area contributed by atoms with Gasteiger partial charge in [-0.3, -0.25) is 14.8 Å². The summed E-state index contributed by atoms with van der Waals surface area (Å²) in [6.07, 6.45) is 2.31. The summed E-state index contributed by atoms with van der Waals surface area (Å²) in [5, 5.41) is 9.86. The first-order chi connectivity index (χ1) is 15.9. The van der Waals surface area contributed by atoms with E-state index in [9.17, 15) is 13.2 Å². The fourth-order valence-electron chi connectivity index (χ4n) is 4.08. The van der Waals surface area contributed by atoms with Gasteiger partial charge in [-0.05, 0) is 61.7 Å². The standard InChI is InChI=1S/C24H27N5O3S/c1-16-14-29(11-12-33(16,31)32)15-17-3-2-4-20(13-17)24(30)25-21-9-7-19(8-10-21)23-26-22(27-28-23)18-5-6-18/h2-4,7-10,13,16,18H,5-6,11-12,14-15H2,1H3,(H,25,30)(H,26,27,28). The fraction of sp³-hybridized carbons (Fsp3) is 0.375. The van der Waals surface area contributed by atoms with Gasteiger partial charge in [-0.15, -0.1) is 0 Å². The van der Waals surface area contributed by atoms with E-state index in [1.165, 1.54) is 0 Å². The van der Waals surface area contributed by atoms with Gasteiger partial charge < -0.3 is 5.32 Å². The Hall–Kier alpha value is -3.04. The van der Waals surface area contributed by atoms with Gasteiger partial charge in [-0.1, -0.05) is 12.1 Å². The SMILES string of the molecule is CC1CN(Cc2cccc(C(=O)Nc3ccc(-c4nc(C5CC5)n[nH]4)cc3)c2)CCS1(=O)=O. The first-order valence-electron chi connectivity index (χ1n) is 11.2. The molecule has 5 rings (SSSR count). The number of benzene rings is 2. The van der Waals surface area contributed by atoms with Crippen LogP contribution in [0.3, 0.4) is 0 Å². The van der Waals surface area contributed by atoms with Crippen LogP contribution in [0.5, 0.6) is 0 Å². The van der Waals surface area contributed by atoms with Crippen LogP contribution < -0.4 is 5.32 Å². The van der Waals surface area contributed by atoms with E-state index < -0.39 is 9.84 Å². The molecule has 2 aliphatic rings. The van der Waals surface area contributed by atoms with Gasteiger partial charge in [0.1, 0.15) is 0 Å². The lowest BCUT2D eigenvalue weighted by atomic mass is 10.1. The van der Waals surface area contributed by atoms with E-state index >= 15 is 0 Å². The topological polar surface area (TPSA) is 108 Å². The van der Waals surface area contributed by atoms with Crippen LogP contribution in [0.4, 0.5) is 5.69 Å². The van der Waals surface area contributed by atoms with Crippen molar-refractivity contribution < 1.29 is 13.2 Å². The maximum Gasteiger partial charge on any atom is 0.255 e. The highest BCUT2D eigenvalue weighted by atomic mass is 32.2. The monoisotopic (exact) mass is 465 g/mol. The molecule has 2 N–H and O–H groups in total. The molecule has 8 nitrogen and oxygen atoms in total. The molecule has 0 bridgehead atoms. The van der Waals surface area contributed by atoms with Crippen LogP contribution in [-0.2, 0) is 16.4 Å². The molecule has 1 atom stereocenters. The van der Waals surface area contributed by atoms with Crippen molar-refractivity contribution in [3.05, 3.63) is 65.5 Å². The minimum atomic E-state index is -2.98. The second kappa shape index (κ2) is 8.72. The van der Waals surface area contributed by atoms with E-state index in [4.69, 9.17) is 0 Å². The number of anilines is 1. The maximum absolute atomic E-state index is 12.8. The first-order valence-corrected chi connectivity index (χ1v) is 13.0. The Morgan fingerprint density at radius 3 is 2.70 bits per heavy atom. The molecule has 2 fully saturated rings. The lowest BCUT2D eigenvalue weighted by molar-refractivity contribution is 0.102. The summed E-state index contributed by atoms with van der Waals surface area (Å²) in [5.74, 6) is 2.11.